The van der Waals surface area contributed by atoms with E-state index in [2.05, 4.69) is 84.5 Å². The fourth-order valence-electron chi connectivity index (χ4n) is 4.71. The van der Waals surface area contributed by atoms with Crippen LogP contribution in [0.2, 0.25) is 0 Å². The molecule has 0 amide bonds. The number of pyridine rings is 3. The van der Waals surface area contributed by atoms with Crippen LogP contribution < -0.4 is 0 Å². The van der Waals surface area contributed by atoms with Crippen LogP contribution in [0.5, 0.6) is 0 Å². The molecule has 34 heavy (non-hydrogen) atoms. The lowest BCUT2D eigenvalue weighted by molar-refractivity contribution is 1.32. The van der Waals surface area contributed by atoms with E-state index >= 15 is 0 Å². The monoisotopic (exact) mass is 437 g/mol. The van der Waals surface area contributed by atoms with Gasteiger partial charge in [-0.15, -0.1) is 0 Å². The molecule has 0 radical (unpaired) electrons. The number of aromatic nitrogens is 3. The molecule has 3 heterocycles. The zero-order valence-electron chi connectivity index (χ0n) is 19.2. The van der Waals surface area contributed by atoms with E-state index in [-0.39, 0.29) is 0 Å². The molecule has 0 spiro atoms. The minimum absolute atomic E-state index is 0.980. The van der Waals surface area contributed by atoms with Gasteiger partial charge in [0.15, 0.2) is 0 Å². The fourth-order valence-corrected chi connectivity index (χ4v) is 4.71. The SMILES string of the molecule is Cc1ccc(-c2ccccn2)cc1-c1cc(-c2cc3ncccc3c3cccnc23)ccc1C. The van der Waals surface area contributed by atoms with Gasteiger partial charge in [0, 0.05) is 40.5 Å². The molecule has 3 aromatic carbocycles. The van der Waals surface area contributed by atoms with E-state index in [1.54, 1.807) is 0 Å². The van der Waals surface area contributed by atoms with Gasteiger partial charge in [-0.25, -0.2) is 0 Å². The second-order valence-electron chi connectivity index (χ2n) is 8.67. The molecule has 0 N–H and O–H groups in total. The number of rotatable bonds is 3. The van der Waals surface area contributed by atoms with Crippen LogP contribution >= 0.6 is 0 Å². The van der Waals surface area contributed by atoms with Gasteiger partial charge < -0.3 is 0 Å². The zero-order chi connectivity index (χ0) is 23.1. The molecule has 3 heteroatoms. The van der Waals surface area contributed by atoms with E-state index in [0.29, 0.717) is 0 Å². The van der Waals surface area contributed by atoms with Crippen LogP contribution in [0.1, 0.15) is 11.1 Å². The Kier molecular flexibility index (Phi) is 4.88. The Morgan fingerprint density at radius 3 is 1.94 bits per heavy atom. The molecular weight excluding hydrogens is 414 g/mol. The summed E-state index contributed by atoms with van der Waals surface area (Å²) in [6.45, 7) is 4.34. The highest BCUT2D eigenvalue weighted by Crippen LogP contribution is 2.37. The van der Waals surface area contributed by atoms with Crippen molar-refractivity contribution in [3.8, 4) is 33.5 Å². The van der Waals surface area contributed by atoms with Gasteiger partial charge in [0.25, 0.3) is 0 Å². The molecule has 0 aliphatic rings. The molecule has 6 rings (SSSR count). The van der Waals surface area contributed by atoms with E-state index in [1.165, 1.54) is 22.3 Å². The molecule has 0 aliphatic carbocycles. The van der Waals surface area contributed by atoms with Gasteiger partial charge in [-0.3, -0.25) is 15.0 Å². The first-order chi connectivity index (χ1) is 16.7. The molecule has 0 unspecified atom stereocenters. The number of nitrogens with zero attached hydrogens (tertiary/aromatic N) is 3. The lowest BCUT2D eigenvalue weighted by Gasteiger charge is -2.15. The Labute approximate surface area is 198 Å². The highest BCUT2D eigenvalue weighted by atomic mass is 14.7. The van der Waals surface area contributed by atoms with Crippen LogP contribution in [0.4, 0.5) is 0 Å². The average molecular weight is 438 g/mol. The number of hydrogen-bond acceptors (Lipinski definition) is 3. The lowest BCUT2D eigenvalue weighted by atomic mass is 9.90. The van der Waals surface area contributed by atoms with Gasteiger partial charge in [0.2, 0.25) is 0 Å². The van der Waals surface area contributed by atoms with Crippen molar-refractivity contribution in [2.45, 2.75) is 13.8 Å². The van der Waals surface area contributed by atoms with Crippen LogP contribution in [0.25, 0.3) is 55.3 Å². The Morgan fingerprint density at radius 2 is 1.18 bits per heavy atom. The topological polar surface area (TPSA) is 38.7 Å². The summed E-state index contributed by atoms with van der Waals surface area (Å²) in [5, 5.41) is 2.25. The first kappa shape index (κ1) is 20.3. The number of aryl methyl sites for hydroxylation is 2. The minimum atomic E-state index is 0.980. The maximum absolute atomic E-state index is 4.77. The van der Waals surface area contributed by atoms with Crippen LogP contribution in [0.3, 0.4) is 0 Å². The smallest absolute Gasteiger partial charge is 0.0787 e. The fraction of sp³-hybridized carbons (Fsp3) is 0.0645. The predicted molar refractivity (Wildman–Crippen MR) is 141 cm³/mol. The Balaban J connectivity index is 1.57. The first-order valence-corrected chi connectivity index (χ1v) is 11.4. The third-order valence-electron chi connectivity index (χ3n) is 6.51. The van der Waals surface area contributed by atoms with Crippen LogP contribution in [0.15, 0.2) is 104 Å². The van der Waals surface area contributed by atoms with Crippen molar-refractivity contribution in [3.05, 3.63) is 115 Å². The molecular formula is C31H23N3. The van der Waals surface area contributed by atoms with E-state index in [9.17, 15) is 0 Å². The van der Waals surface area contributed by atoms with Gasteiger partial charge in [-0.05, 0) is 84.1 Å². The van der Waals surface area contributed by atoms with Crippen LogP contribution in [-0.2, 0) is 0 Å². The summed E-state index contributed by atoms with van der Waals surface area (Å²) in [6, 6.07) is 29.7. The summed E-state index contributed by atoms with van der Waals surface area (Å²) < 4.78 is 0. The third-order valence-corrected chi connectivity index (χ3v) is 6.51. The summed E-state index contributed by atoms with van der Waals surface area (Å²) in [4.78, 5) is 14.0. The summed E-state index contributed by atoms with van der Waals surface area (Å²) in [6.07, 6.45) is 5.55. The van der Waals surface area contributed by atoms with E-state index in [1.807, 2.05) is 42.9 Å². The minimum Gasteiger partial charge on any atom is -0.256 e. The van der Waals surface area contributed by atoms with Crippen LogP contribution in [-0.4, -0.2) is 15.0 Å². The molecule has 0 fully saturated rings. The van der Waals surface area contributed by atoms with Crippen molar-refractivity contribution >= 4 is 21.8 Å². The van der Waals surface area contributed by atoms with Gasteiger partial charge in [-0.2, -0.15) is 0 Å². The zero-order valence-corrected chi connectivity index (χ0v) is 19.2. The highest BCUT2D eigenvalue weighted by Gasteiger charge is 2.14. The van der Waals surface area contributed by atoms with Crippen molar-refractivity contribution in [2.24, 2.45) is 0 Å². The van der Waals surface area contributed by atoms with Gasteiger partial charge in [-0.1, -0.05) is 42.5 Å². The normalized spacial score (nSPS) is 11.2. The van der Waals surface area contributed by atoms with Crippen molar-refractivity contribution in [1.82, 2.24) is 15.0 Å². The molecule has 0 saturated heterocycles. The number of benzene rings is 3. The van der Waals surface area contributed by atoms with Crippen LogP contribution in [0, 0.1) is 13.8 Å². The Hall–Kier alpha value is -4.37. The molecule has 0 aliphatic heterocycles. The Bertz CT molecular complexity index is 1670. The standard InChI is InChI=1S/C31H23N3/c1-20-10-12-22(28-19-30-24(7-5-15-33-30)25-8-6-16-34-31(25)28)17-26(20)27-18-23(13-11-21(27)2)29-9-3-4-14-32-29/h3-19H,1-2H3. The van der Waals surface area contributed by atoms with Gasteiger partial charge in [0.05, 0.1) is 16.7 Å². The molecule has 0 atom stereocenters. The van der Waals surface area contributed by atoms with E-state index in [4.69, 9.17) is 4.98 Å². The van der Waals surface area contributed by atoms with Crippen molar-refractivity contribution in [2.75, 3.05) is 0 Å². The van der Waals surface area contributed by atoms with E-state index < -0.39 is 0 Å². The summed E-state index contributed by atoms with van der Waals surface area (Å²) in [5.41, 5.74) is 11.2. The van der Waals surface area contributed by atoms with Crippen molar-refractivity contribution in [1.29, 1.82) is 0 Å². The van der Waals surface area contributed by atoms with E-state index in [0.717, 1.165) is 44.2 Å². The second-order valence-corrected chi connectivity index (χ2v) is 8.67. The molecule has 3 nitrogen and oxygen atoms in total. The van der Waals surface area contributed by atoms with Crippen molar-refractivity contribution < 1.29 is 0 Å². The largest absolute Gasteiger partial charge is 0.256 e. The Morgan fingerprint density at radius 1 is 0.500 bits per heavy atom. The molecule has 3 aromatic heterocycles. The maximum Gasteiger partial charge on any atom is 0.0787 e. The number of hydrogen-bond donors (Lipinski definition) is 0. The third kappa shape index (κ3) is 3.43. The quantitative estimate of drug-likeness (QED) is 0.265. The van der Waals surface area contributed by atoms with Crippen molar-refractivity contribution in [3.63, 3.8) is 0 Å². The number of fused-ring (bicyclic) bond motifs is 3. The van der Waals surface area contributed by atoms with Gasteiger partial charge >= 0.3 is 0 Å². The summed E-state index contributed by atoms with van der Waals surface area (Å²) in [7, 11) is 0. The summed E-state index contributed by atoms with van der Waals surface area (Å²) in [5.74, 6) is 0. The molecule has 162 valence electrons. The average Bonchev–Trinajstić information content (AvgIpc) is 2.89. The lowest BCUT2D eigenvalue weighted by Crippen LogP contribution is -1.92. The molecule has 6 aromatic rings. The summed E-state index contributed by atoms with van der Waals surface area (Å²) >= 11 is 0. The molecule has 0 bridgehead atoms. The second kappa shape index (κ2) is 8.20. The predicted octanol–water partition coefficient (Wildman–Crippen LogP) is 7.80. The van der Waals surface area contributed by atoms with Gasteiger partial charge in [0.1, 0.15) is 0 Å². The highest BCUT2D eigenvalue weighted by molar-refractivity contribution is 6.11. The molecule has 0 saturated carbocycles. The maximum atomic E-state index is 4.77. The first-order valence-electron chi connectivity index (χ1n) is 11.4.